The first kappa shape index (κ1) is 19.9. The second-order valence-electron chi connectivity index (χ2n) is 9.24. The van der Waals surface area contributed by atoms with Crippen LogP contribution in [0.1, 0.15) is 61.9 Å². The highest BCUT2D eigenvalue weighted by Crippen LogP contribution is 2.48. The van der Waals surface area contributed by atoms with Crippen molar-refractivity contribution in [1.82, 2.24) is 10.2 Å². The Bertz CT molecular complexity index is 836. The van der Waals surface area contributed by atoms with Gasteiger partial charge in [0.25, 0.3) is 5.91 Å². The molecule has 1 saturated carbocycles. The predicted molar refractivity (Wildman–Crippen MR) is 112 cm³/mol. The van der Waals surface area contributed by atoms with Crippen molar-refractivity contribution in [3.8, 4) is 0 Å². The first-order valence-corrected chi connectivity index (χ1v) is 10.8. The van der Waals surface area contributed by atoms with Gasteiger partial charge in [0.05, 0.1) is 5.41 Å². The van der Waals surface area contributed by atoms with Gasteiger partial charge in [-0.1, -0.05) is 20.3 Å². The van der Waals surface area contributed by atoms with E-state index in [1.807, 2.05) is 17.0 Å². The summed E-state index contributed by atoms with van der Waals surface area (Å²) >= 11 is 0. The van der Waals surface area contributed by atoms with Crippen LogP contribution in [0.2, 0.25) is 0 Å². The number of anilines is 1. The number of nitrogens with one attached hydrogen (secondary N) is 1. The predicted octanol–water partition coefficient (Wildman–Crippen LogP) is 2.71. The summed E-state index contributed by atoms with van der Waals surface area (Å²) in [6.07, 6.45) is 4.39. The Morgan fingerprint density at radius 3 is 2.48 bits per heavy atom. The molecule has 2 heterocycles. The van der Waals surface area contributed by atoms with Crippen LogP contribution in [0.15, 0.2) is 18.2 Å². The van der Waals surface area contributed by atoms with Gasteiger partial charge >= 0.3 is 0 Å². The first-order chi connectivity index (χ1) is 13.8. The van der Waals surface area contributed by atoms with Gasteiger partial charge in [-0.05, 0) is 55.4 Å². The Hall–Kier alpha value is -2.37. The molecule has 0 unspecified atom stereocenters. The van der Waals surface area contributed by atoms with Crippen LogP contribution in [0.5, 0.6) is 0 Å². The molecule has 29 heavy (non-hydrogen) atoms. The molecule has 6 heteroatoms. The molecule has 0 atom stereocenters. The van der Waals surface area contributed by atoms with Crippen LogP contribution in [0.3, 0.4) is 0 Å². The van der Waals surface area contributed by atoms with E-state index >= 15 is 0 Å². The van der Waals surface area contributed by atoms with Crippen molar-refractivity contribution in [2.24, 2.45) is 11.8 Å². The molecule has 3 amide bonds. The second-order valence-corrected chi connectivity index (χ2v) is 9.24. The van der Waals surface area contributed by atoms with Gasteiger partial charge in [-0.25, -0.2) is 0 Å². The van der Waals surface area contributed by atoms with E-state index in [0.29, 0.717) is 44.0 Å². The summed E-state index contributed by atoms with van der Waals surface area (Å²) < 4.78 is 0. The van der Waals surface area contributed by atoms with Crippen LogP contribution in [-0.4, -0.2) is 49.3 Å². The third-order valence-corrected chi connectivity index (χ3v) is 6.90. The molecule has 2 aliphatic heterocycles. The molecule has 6 nitrogen and oxygen atoms in total. The van der Waals surface area contributed by atoms with Gasteiger partial charge in [-0.3, -0.25) is 14.4 Å². The van der Waals surface area contributed by atoms with E-state index in [0.717, 1.165) is 30.5 Å². The summed E-state index contributed by atoms with van der Waals surface area (Å²) in [7, 11) is 1.81. The standard InChI is InChI=1S/C23H31N3O3/c1-15(2)14-24-20(27)17-7-8-19-18(13-17)23(22(29)25(19)3)9-11-26(12-10-23)21(28)16-5-4-6-16/h7-8,13,15-16H,4-6,9-12,14H2,1-3H3,(H,24,27). The largest absolute Gasteiger partial charge is 0.352 e. The number of nitrogens with zero attached hydrogens (tertiary/aromatic N) is 2. The Morgan fingerprint density at radius 1 is 1.21 bits per heavy atom. The van der Waals surface area contributed by atoms with Crippen LogP contribution >= 0.6 is 0 Å². The lowest BCUT2D eigenvalue weighted by Crippen LogP contribution is -2.51. The smallest absolute Gasteiger partial charge is 0.251 e. The van der Waals surface area contributed by atoms with Crippen molar-refractivity contribution in [3.05, 3.63) is 29.3 Å². The lowest BCUT2D eigenvalue weighted by molar-refractivity contribution is -0.141. The maximum absolute atomic E-state index is 13.2. The Balaban J connectivity index is 1.56. The number of piperidine rings is 1. The molecule has 1 aromatic carbocycles. The quantitative estimate of drug-likeness (QED) is 0.849. The minimum absolute atomic E-state index is 0.0861. The van der Waals surface area contributed by atoms with E-state index in [1.54, 1.807) is 18.0 Å². The number of benzene rings is 1. The summed E-state index contributed by atoms with van der Waals surface area (Å²) in [4.78, 5) is 42.1. The Labute approximate surface area is 172 Å². The fourth-order valence-electron chi connectivity index (χ4n) is 4.80. The van der Waals surface area contributed by atoms with Crippen molar-refractivity contribution in [1.29, 1.82) is 0 Å². The van der Waals surface area contributed by atoms with Crippen LogP contribution in [0, 0.1) is 11.8 Å². The molecule has 0 aromatic heterocycles. The summed E-state index contributed by atoms with van der Waals surface area (Å²) in [5.41, 5.74) is 1.81. The average molecular weight is 398 g/mol. The number of likely N-dealkylation sites (N-methyl/N-ethyl adjacent to an activating group) is 1. The van der Waals surface area contributed by atoms with Crippen molar-refractivity contribution in [3.63, 3.8) is 0 Å². The third kappa shape index (κ3) is 3.32. The van der Waals surface area contributed by atoms with Gasteiger partial charge in [-0.15, -0.1) is 0 Å². The molecule has 1 spiro atoms. The summed E-state index contributed by atoms with van der Waals surface area (Å²) in [5.74, 6) is 0.811. The fourth-order valence-corrected chi connectivity index (χ4v) is 4.80. The van der Waals surface area contributed by atoms with Gasteiger partial charge in [0.1, 0.15) is 0 Å². The van der Waals surface area contributed by atoms with E-state index in [2.05, 4.69) is 19.2 Å². The lowest BCUT2D eigenvalue weighted by atomic mass is 9.72. The summed E-state index contributed by atoms with van der Waals surface area (Å²) in [6, 6.07) is 5.58. The zero-order valence-electron chi connectivity index (χ0n) is 17.7. The fraction of sp³-hybridized carbons (Fsp3) is 0.609. The molecule has 0 radical (unpaired) electrons. The molecule has 2 fully saturated rings. The first-order valence-electron chi connectivity index (χ1n) is 10.8. The highest BCUT2D eigenvalue weighted by molar-refractivity contribution is 6.09. The third-order valence-electron chi connectivity index (χ3n) is 6.90. The topological polar surface area (TPSA) is 69.7 Å². The normalized spacial score (nSPS) is 20.8. The molecule has 156 valence electrons. The molecule has 1 saturated heterocycles. The number of fused-ring (bicyclic) bond motifs is 2. The molecule has 1 aromatic rings. The number of likely N-dealkylation sites (tertiary alicyclic amines) is 1. The molecule has 4 rings (SSSR count). The Morgan fingerprint density at radius 2 is 1.90 bits per heavy atom. The number of hydrogen-bond donors (Lipinski definition) is 1. The second kappa shape index (κ2) is 7.47. The highest BCUT2D eigenvalue weighted by atomic mass is 16.2. The number of carbonyl (C=O) groups is 3. The van der Waals surface area contributed by atoms with Crippen molar-refractivity contribution in [2.45, 2.75) is 51.4 Å². The molecule has 1 N–H and O–H groups in total. The number of carbonyl (C=O) groups excluding carboxylic acids is 3. The van der Waals surface area contributed by atoms with Crippen molar-refractivity contribution >= 4 is 23.4 Å². The van der Waals surface area contributed by atoms with Gasteiger partial charge in [-0.2, -0.15) is 0 Å². The van der Waals surface area contributed by atoms with Gasteiger partial charge in [0.2, 0.25) is 11.8 Å². The number of amides is 3. The monoisotopic (exact) mass is 397 g/mol. The number of rotatable bonds is 4. The zero-order chi connectivity index (χ0) is 20.8. The molecular formula is C23H31N3O3. The maximum atomic E-state index is 13.2. The number of hydrogen-bond acceptors (Lipinski definition) is 3. The van der Waals surface area contributed by atoms with Crippen LogP contribution in [-0.2, 0) is 15.0 Å². The van der Waals surface area contributed by atoms with E-state index in [9.17, 15) is 14.4 Å². The molecule has 0 bridgehead atoms. The van der Waals surface area contributed by atoms with E-state index in [1.165, 1.54) is 0 Å². The lowest BCUT2D eigenvalue weighted by Gasteiger charge is -2.40. The zero-order valence-corrected chi connectivity index (χ0v) is 17.7. The van der Waals surface area contributed by atoms with Gasteiger partial charge in [0, 0.05) is 43.9 Å². The summed E-state index contributed by atoms with van der Waals surface area (Å²) in [5, 5.41) is 2.96. The Kier molecular flexibility index (Phi) is 5.13. The average Bonchev–Trinajstić information content (AvgIpc) is 2.87. The van der Waals surface area contributed by atoms with Crippen LogP contribution in [0.25, 0.3) is 0 Å². The van der Waals surface area contributed by atoms with Gasteiger partial charge in [0.15, 0.2) is 0 Å². The van der Waals surface area contributed by atoms with E-state index < -0.39 is 5.41 Å². The SMILES string of the molecule is CC(C)CNC(=O)c1ccc2c(c1)C1(CCN(C(=O)C3CCC3)CC1)C(=O)N2C. The molecule has 1 aliphatic carbocycles. The molecular weight excluding hydrogens is 366 g/mol. The van der Waals surface area contributed by atoms with Gasteiger partial charge < -0.3 is 15.1 Å². The van der Waals surface area contributed by atoms with Crippen molar-refractivity contribution in [2.75, 3.05) is 31.6 Å². The minimum Gasteiger partial charge on any atom is -0.352 e. The van der Waals surface area contributed by atoms with Crippen molar-refractivity contribution < 1.29 is 14.4 Å². The summed E-state index contributed by atoms with van der Waals surface area (Å²) in [6.45, 7) is 5.96. The minimum atomic E-state index is -0.616. The van der Waals surface area contributed by atoms with E-state index in [4.69, 9.17) is 0 Å². The van der Waals surface area contributed by atoms with Crippen LogP contribution < -0.4 is 10.2 Å². The van der Waals surface area contributed by atoms with Crippen LogP contribution in [0.4, 0.5) is 5.69 Å². The highest BCUT2D eigenvalue weighted by Gasteiger charge is 2.52. The molecule has 3 aliphatic rings. The maximum Gasteiger partial charge on any atom is 0.251 e. The van der Waals surface area contributed by atoms with E-state index in [-0.39, 0.29) is 23.6 Å².